The maximum atomic E-state index is 12.5. The molecule has 1 fully saturated rings. The summed E-state index contributed by atoms with van der Waals surface area (Å²) in [6, 6.07) is 7.49. The van der Waals surface area contributed by atoms with E-state index in [2.05, 4.69) is 23.8 Å². The number of rotatable bonds is 3. The Morgan fingerprint density at radius 2 is 1.95 bits per heavy atom. The molecule has 19 heavy (non-hydrogen) atoms. The number of halogens is 1. The summed E-state index contributed by atoms with van der Waals surface area (Å²) in [4.78, 5) is 17.1. The van der Waals surface area contributed by atoms with Gasteiger partial charge in [0.05, 0.1) is 6.04 Å². The van der Waals surface area contributed by atoms with Gasteiger partial charge in [-0.2, -0.15) is 0 Å². The van der Waals surface area contributed by atoms with Gasteiger partial charge in [-0.3, -0.25) is 9.69 Å². The molecule has 0 saturated carbocycles. The Balaban J connectivity index is 2.08. The van der Waals surface area contributed by atoms with E-state index < -0.39 is 0 Å². The number of nitrogens with zero attached hydrogens (tertiary/aromatic N) is 2. The number of carbonyl (C=O) groups excluding carboxylic acids is 1. The minimum absolute atomic E-state index is 0.0788. The van der Waals surface area contributed by atoms with Crippen LogP contribution in [-0.4, -0.2) is 54.3 Å². The minimum atomic E-state index is -0.0788. The van der Waals surface area contributed by atoms with Crippen LogP contribution >= 0.6 is 11.6 Å². The van der Waals surface area contributed by atoms with Crippen molar-refractivity contribution in [3.05, 3.63) is 34.9 Å². The van der Waals surface area contributed by atoms with Crippen LogP contribution in [-0.2, 0) is 0 Å². The third-order valence-corrected chi connectivity index (χ3v) is 4.14. The fraction of sp³-hybridized carbons (Fsp3) is 0.533. The van der Waals surface area contributed by atoms with Crippen molar-refractivity contribution >= 4 is 17.4 Å². The van der Waals surface area contributed by atoms with E-state index in [4.69, 9.17) is 11.6 Å². The Kier molecular flexibility index (Phi) is 4.61. The van der Waals surface area contributed by atoms with E-state index in [0.717, 1.165) is 25.2 Å². The summed E-state index contributed by atoms with van der Waals surface area (Å²) in [5.41, 5.74) is 0.739. The van der Waals surface area contributed by atoms with Crippen LogP contribution in [0.15, 0.2) is 24.3 Å². The number of carbonyl (C=O) groups is 1. The van der Waals surface area contributed by atoms with Crippen molar-refractivity contribution in [3.8, 4) is 0 Å². The molecule has 1 aliphatic heterocycles. The molecule has 0 spiro atoms. The molecule has 0 amide bonds. The highest BCUT2D eigenvalue weighted by Crippen LogP contribution is 2.17. The molecule has 4 heteroatoms. The van der Waals surface area contributed by atoms with Crippen molar-refractivity contribution in [1.82, 2.24) is 9.80 Å². The van der Waals surface area contributed by atoms with E-state index in [1.807, 2.05) is 19.1 Å². The maximum absolute atomic E-state index is 12.5. The molecule has 1 aromatic rings. The molecule has 0 aromatic heterocycles. The Morgan fingerprint density at radius 3 is 2.53 bits per heavy atom. The van der Waals surface area contributed by atoms with E-state index in [-0.39, 0.29) is 11.8 Å². The molecular weight excluding hydrogens is 260 g/mol. The van der Waals surface area contributed by atoms with Gasteiger partial charge in [0.15, 0.2) is 5.78 Å². The topological polar surface area (TPSA) is 23.6 Å². The predicted octanol–water partition coefficient (Wildman–Crippen LogP) is 2.55. The summed E-state index contributed by atoms with van der Waals surface area (Å²) in [7, 11) is 2.12. The number of hydrogen-bond donors (Lipinski definition) is 0. The van der Waals surface area contributed by atoms with Gasteiger partial charge in [0.25, 0.3) is 0 Å². The predicted molar refractivity (Wildman–Crippen MR) is 78.9 cm³/mol. The number of benzene rings is 1. The molecule has 0 bridgehead atoms. The Morgan fingerprint density at radius 1 is 1.32 bits per heavy atom. The van der Waals surface area contributed by atoms with Gasteiger partial charge in [-0.05, 0) is 45.2 Å². The third kappa shape index (κ3) is 3.35. The molecule has 1 saturated heterocycles. The lowest BCUT2D eigenvalue weighted by Crippen LogP contribution is -2.55. The second-order valence-electron chi connectivity index (χ2n) is 5.40. The average Bonchev–Trinajstić information content (AvgIpc) is 2.38. The van der Waals surface area contributed by atoms with Crippen molar-refractivity contribution in [2.24, 2.45) is 0 Å². The normalized spacial score (nSPS) is 23.3. The van der Waals surface area contributed by atoms with E-state index in [1.165, 1.54) is 0 Å². The van der Waals surface area contributed by atoms with Gasteiger partial charge < -0.3 is 4.90 Å². The summed E-state index contributed by atoms with van der Waals surface area (Å²) in [5.74, 6) is 0.174. The van der Waals surface area contributed by atoms with Gasteiger partial charge in [-0.15, -0.1) is 0 Å². The largest absolute Gasteiger partial charge is 0.304 e. The Bertz CT molecular complexity index is 446. The lowest BCUT2D eigenvalue weighted by molar-refractivity contribution is 0.0536. The molecule has 0 N–H and O–H groups in total. The first-order valence-corrected chi connectivity index (χ1v) is 7.11. The first-order chi connectivity index (χ1) is 8.99. The number of piperazine rings is 1. The van der Waals surface area contributed by atoms with Crippen LogP contribution < -0.4 is 0 Å². The molecule has 1 heterocycles. The summed E-state index contributed by atoms with van der Waals surface area (Å²) in [5, 5.41) is 0.664. The molecule has 0 aliphatic carbocycles. The molecule has 1 aliphatic rings. The molecular formula is C15H21ClN2O. The van der Waals surface area contributed by atoms with Crippen LogP contribution in [0.2, 0.25) is 5.02 Å². The number of Topliss-reactive ketones (excluding diaryl/α,β-unsaturated/α-hetero) is 1. The first-order valence-electron chi connectivity index (χ1n) is 6.73. The SMILES string of the molecule is CC1CN(C)CCN1C(C)C(=O)c1ccc(Cl)cc1. The summed E-state index contributed by atoms with van der Waals surface area (Å²) in [6.45, 7) is 7.15. The number of hydrogen-bond acceptors (Lipinski definition) is 3. The number of likely N-dealkylation sites (N-methyl/N-ethyl adjacent to an activating group) is 1. The Hall–Kier alpha value is -0.900. The highest BCUT2D eigenvalue weighted by molar-refractivity contribution is 6.30. The lowest BCUT2D eigenvalue weighted by atomic mass is 10.0. The molecule has 2 atom stereocenters. The van der Waals surface area contributed by atoms with Gasteiger partial charge >= 0.3 is 0 Å². The first kappa shape index (κ1) is 14.5. The zero-order valence-corrected chi connectivity index (χ0v) is 12.5. The summed E-state index contributed by atoms with van der Waals surface area (Å²) < 4.78 is 0. The zero-order valence-electron chi connectivity index (χ0n) is 11.8. The van der Waals surface area contributed by atoms with Crippen molar-refractivity contribution in [2.75, 3.05) is 26.7 Å². The second-order valence-corrected chi connectivity index (χ2v) is 5.83. The number of ketones is 1. The lowest BCUT2D eigenvalue weighted by Gasteiger charge is -2.41. The highest BCUT2D eigenvalue weighted by atomic mass is 35.5. The average molecular weight is 281 g/mol. The second kappa shape index (κ2) is 6.04. The van der Waals surface area contributed by atoms with Gasteiger partial charge in [0.1, 0.15) is 0 Å². The minimum Gasteiger partial charge on any atom is -0.304 e. The van der Waals surface area contributed by atoms with Crippen LogP contribution in [0, 0.1) is 0 Å². The quantitative estimate of drug-likeness (QED) is 0.795. The van der Waals surface area contributed by atoms with Gasteiger partial charge in [0.2, 0.25) is 0 Å². The summed E-state index contributed by atoms with van der Waals surface area (Å²) >= 11 is 5.86. The third-order valence-electron chi connectivity index (χ3n) is 3.89. The van der Waals surface area contributed by atoms with Crippen LogP contribution in [0.1, 0.15) is 24.2 Å². The van der Waals surface area contributed by atoms with E-state index in [0.29, 0.717) is 11.1 Å². The van der Waals surface area contributed by atoms with Gasteiger partial charge in [-0.25, -0.2) is 0 Å². The van der Waals surface area contributed by atoms with Crippen LogP contribution in [0.4, 0.5) is 0 Å². The molecule has 104 valence electrons. The molecule has 3 nitrogen and oxygen atoms in total. The maximum Gasteiger partial charge on any atom is 0.179 e. The van der Waals surface area contributed by atoms with Gasteiger partial charge in [-0.1, -0.05) is 11.6 Å². The molecule has 2 rings (SSSR count). The highest BCUT2D eigenvalue weighted by Gasteiger charge is 2.29. The molecule has 2 unspecified atom stereocenters. The molecule has 1 aromatic carbocycles. The van der Waals surface area contributed by atoms with Crippen molar-refractivity contribution in [2.45, 2.75) is 25.9 Å². The molecule has 0 radical (unpaired) electrons. The summed E-state index contributed by atoms with van der Waals surface area (Å²) in [6.07, 6.45) is 0. The monoisotopic (exact) mass is 280 g/mol. The van der Waals surface area contributed by atoms with Crippen LogP contribution in [0.25, 0.3) is 0 Å². The van der Waals surface area contributed by atoms with Crippen LogP contribution in [0.5, 0.6) is 0 Å². The van der Waals surface area contributed by atoms with Crippen LogP contribution in [0.3, 0.4) is 0 Å². The van der Waals surface area contributed by atoms with Crippen molar-refractivity contribution in [3.63, 3.8) is 0 Å². The van der Waals surface area contributed by atoms with E-state index in [1.54, 1.807) is 12.1 Å². The standard InChI is InChI=1S/C15H21ClN2O/c1-11-10-17(3)8-9-18(11)12(2)15(19)13-4-6-14(16)7-5-13/h4-7,11-12H,8-10H2,1-3H3. The van der Waals surface area contributed by atoms with E-state index >= 15 is 0 Å². The smallest absolute Gasteiger partial charge is 0.179 e. The van der Waals surface area contributed by atoms with Crippen molar-refractivity contribution in [1.29, 1.82) is 0 Å². The van der Waals surface area contributed by atoms with Crippen molar-refractivity contribution < 1.29 is 4.79 Å². The van der Waals surface area contributed by atoms with E-state index in [9.17, 15) is 4.79 Å². The van der Waals surface area contributed by atoms with Gasteiger partial charge in [0, 0.05) is 36.3 Å². The Labute approximate surface area is 120 Å². The zero-order chi connectivity index (χ0) is 14.0. The fourth-order valence-electron chi connectivity index (χ4n) is 2.74. The fourth-order valence-corrected chi connectivity index (χ4v) is 2.86.